The van der Waals surface area contributed by atoms with E-state index in [0.29, 0.717) is 6.61 Å². The largest absolute Gasteiger partial charge is 0.394 e. The highest BCUT2D eigenvalue weighted by molar-refractivity contribution is 4.87. The molecule has 0 spiro atoms. The molecule has 1 aliphatic heterocycles. The van der Waals surface area contributed by atoms with Crippen LogP contribution in [0.15, 0.2) is 12.2 Å². The van der Waals surface area contributed by atoms with E-state index in [0.717, 1.165) is 19.3 Å². The Bertz CT molecular complexity index is 415. The number of rotatable bonds is 20. The number of hydrogen-bond acceptors (Lipinski definition) is 5. The molecule has 0 aliphatic carbocycles. The summed E-state index contributed by atoms with van der Waals surface area (Å²) >= 11 is 0. The lowest BCUT2D eigenvalue weighted by Crippen LogP contribution is -2.55. The van der Waals surface area contributed by atoms with E-state index in [1.807, 2.05) is 0 Å². The van der Waals surface area contributed by atoms with Crippen LogP contribution in [0.2, 0.25) is 0 Å². The lowest BCUT2D eigenvalue weighted by atomic mass is 10.0. The number of aliphatic hydroxyl groups is 3. The average molecular weight is 443 g/mol. The Morgan fingerprint density at radius 1 is 0.742 bits per heavy atom. The molecule has 31 heavy (non-hydrogen) atoms. The Hall–Kier alpha value is -0.460. The summed E-state index contributed by atoms with van der Waals surface area (Å²) in [6, 6.07) is 0. The first-order chi connectivity index (χ1) is 15.2. The maximum Gasteiger partial charge on any atom is 0.111 e. The fraction of sp³-hybridized carbons (Fsp3) is 0.923. The van der Waals surface area contributed by atoms with Crippen LogP contribution in [-0.2, 0) is 9.47 Å². The van der Waals surface area contributed by atoms with E-state index in [9.17, 15) is 10.2 Å². The van der Waals surface area contributed by atoms with Crippen molar-refractivity contribution < 1.29 is 24.8 Å². The molecule has 1 aliphatic rings. The van der Waals surface area contributed by atoms with E-state index >= 15 is 0 Å². The van der Waals surface area contributed by atoms with Crippen LogP contribution in [0.1, 0.15) is 110 Å². The molecule has 0 unspecified atom stereocenters. The molecular weight excluding hydrogens is 392 g/mol. The summed E-state index contributed by atoms with van der Waals surface area (Å²) in [6.45, 7) is 2.72. The van der Waals surface area contributed by atoms with Gasteiger partial charge in [-0.1, -0.05) is 96.1 Å². The van der Waals surface area contributed by atoms with Crippen LogP contribution in [-0.4, -0.2) is 59.6 Å². The molecule has 0 aromatic rings. The van der Waals surface area contributed by atoms with E-state index in [1.54, 1.807) is 0 Å². The zero-order valence-electron chi connectivity index (χ0n) is 20.1. The summed E-state index contributed by atoms with van der Waals surface area (Å²) in [7, 11) is 0. The van der Waals surface area contributed by atoms with Gasteiger partial charge in [-0.05, 0) is 25.7 Å². The first kappa shape index (κ1) is 28.6. The third-order valence-electron chi connectivity index (χ3n) is 6.25. The molecule has 0 amide bonds. The second kappa shape index (κ2) is 20.2. The fourth-order valence-electron chi connectivity index (χ4n) is 4.11. The van der Waals surface area contributed by atoms with Gasteiger partial charge >= 0.3 is 0 Å². The number of ether oxygens (including phenoxy) is 2. The van der Waals surface area contributed by atoms with Gasteiger partial charge < -0.3 is 24.8 Å². The van der Waals surface area contributed by atoms with E-state index in [4.69, 9.17) is 14.6 Å². The Kier molecular flexibility index (Phi) is 18.6. The monoisotopic (exact) mass is 442 g/mol. The van der Waals surface area contributed by atoms with Crippen LogP contribution in [0.3, 0.4) is 0 Å². The van der Waals surface area contributed by atoms with Gasteiger partial charge in [0.1, 0.15) is 24.4 Å². The predicted molar refractivity (Wildman–Crippen MR) is 127 cm³/mol. The van der Waals surface area contributed by atoms with Gasteiger partial charge in [-0.25, -0.2) is 0 Å². The van der Waals surface area contributed by atoms with Crippen molar-refractivity contribution in [1.29, 1.82) is 0 Å². The van der Waals surface area contributed by atoms with Crippen LogP contribution in [0, 0.1) is 0 Å². The zero-order valence-corrected chi connectivity index (χ0v) is 20.1. The van der Waals surface area contributed by atoms with E-state index in [2.05, 4.69) is 19.1 Å². The molecule has 5 nitrogen and oxygen atoms in total. The predicted octanol–water partition coefficient (Wildman–Crippen LogP) is 5.30. The molecule has 0 radical (unpaired) electrons. The topological polar surface area (TPSA) is 79.2 Å². The second-order valence-electron chi connectivity index (χ2n) is 9.09. The summed E-state index contributed by atoms with van der Waals surface area (Å²) in [5, 5.41) is 28.9. The first-order valence-electron chi connectivity index (χ1n) is 13.1. The minimum Gasteiger partial charge on any atom is -0.394 e. The highest BCUT2D eigenvalue weighted by Gasteiger charge is 2.38. The maximum atomic E-state index is 10.0. The normalized spacial score (nSPS) is 24.3. The molecule has 0 aromatic heterocycles. The van der Waals surface area contributed by atoms with E-state index in [-0.39, 0.29) is 13.2 Å². The average Bonchev–Trinajstić information content (AvgIpc) is 2.78. The van der Waals surface area contributed by atoms with Gasteiger partial charge in [-0.15, -0.1) is 0 Å². The summed E-state index contributed by atoms with van der Waals surface area (Å²) in [4.78, 5) is 0. The Labute approximate surface area is 191 Å². The Balaban J connectivity index is 1.82. The standard InChI is InChI=1S/C26H50O5/c1-2-3-4-5-6-7-8-9-10-11-12-13-14-15-16-17-18-19-20-30-24-22-31-23(21-27)25(28)26(24)29/h16-17,23-29H,2-15,18-22H2,1H3/b17-16+/t23-,24+,25-,26-/m0/s1. The lowest BCUT2D eigenvalue weighted by molar-refractivity contribution is -0.208. The van der Waals surface area contributed by atoms with Gasteiger partial charge in [0.2, 0.25) is 0 Å². The minimum absolute atomic E-state index is 0.207. The highest BCUT2D eigenvalue weighted by Crippen LogP contribution is 2.18. The zero-order chi connectivity index (χ0) is 22.6. The van der Waals surface area contributed by atoms with Gasteiger partial charge in [0.05, 0.1) is 13.2 Å². The summed E-state index contributed by atoms with van der Waals surface area (Å²) < 4.78 is 11.0. The van der Waals surface area contributed by atoms with Crippen LogP contribution in [0.4, 0.5) is 0 Å². The minimum atomic E-state index is -1.09. The smallest absolute Gasteiger partial charge is 0.111 e. The van der Waals surface area contributed by atoms with Crippen molar-refractivity contribution in [3.8, 4) is 0 Å². The van der Waals surface area contributed by atoms with Crippen molar-refractivity contribution in [2.45, 2.75) is 134 Å². The maximum absolute atomic E-state index is 10.0. The van der Waals surface area contributed by atoms with Crippen molar-refractivity contribution in [3.63, 3.8) is 0 Å². The van der Waals surface area contributed by atoms with Crippen molar-refractivity contribution >= 4 is 0 Å². The van der Waals surface area contributed by atoms with Gasteiger partial charge in [0, 0.05) is 6.61 Å². The molecule has 184 valence electrons. The molecule has 0 saturated carbocycles. The number of hydrogen-bond donors (Lipinski definition) is 3. The number of unbranched alkanes of at least 4 members (excludes halogenated alkanes) is 14. The number of aliphatic hydroxyl groups excluding tert-OH is 3. The van der Waals surface area contributed by atoms with Gasteiger partial charge in [0.25, 0.3) is 0 Å². The Morgan fingerprint density at radius 2 is 1.26 bits per heavy atom. The number of allylic oxidation sites excluding steroid dienone is 2. The molecular formula is C26H50O5. The molecule has 1 saturated heterocycles. The SMILES string of the molecule is CCCCCCCCCCCCCCC/C=C/CCCO[C@@H]1CO[C@@H](CO)[C@H](O)[C@H]1O. The van der Waals surface area contributed by atoms with Crippen LogP contribution in [0.5, 0.6) is 0 Å². The van der Waals surface area contributed by atoms with Crippen molar-refractivity contribution in [2.24, 2.45) is 0 Å². The van der Waals surface area contributed by atoms with E-state index < -0.39 is 24.4 Å². The van der Waals surface area contributed by atoms with Crippen molar-refractivity contribution in [3.05, 3.63) is 12.2 Å². The molecule has 5 heteroatoms. The summed E-state index contributed by atoms with van der Waals surface area (Å²) in [5.41, 5.74) is 0. The lowest BCUT2D eigenvalue weighted by Gasteiger charge is -2.36. The highest BCUT2D eigenvalue weighted by atomic mass is 16.6. The van der Waals surface area contributed by atoms with Crippen molar-refractivity contribution in [2.75, 3.05) is 19.8 Å². The van der Waals surface area contributed by atoms with Crippen LogP contribution in [0.25, 0.3) is 0 Å². The second-order valence-corrected chi connectivity index (χ2v) is 9.09. The quantitative estimate of drug-likeness (QED) is 0.176. The first-order valence-corrected chi connectivity index (χ1v) is 13.1. The van der Waals surface area contributed by atoms with Crippen LogP contribution >= 0.6 is 0 Å². The third kappa shape index (κ3) is 14.3. The molecule has 0 aromatic carbocycles. The fourth-order valence-corrected chi connectivity index (χ4v) is 4.11. The van der Waals surface area contributed by atoms with Crippen LogP contribution < -0.4 is 0 Å². The third-order valence-corrected chi connectivity index (χ3v) is 6.25. The Morgan fingerprint density at radius 3 is 1.81 bits per heavy atom. The molecule has 1 heterocycles. The molecule has 1 fully saturated rings. The molecule has 1 rings (SSSR count). The molecule has 4 atom stereocenters. The van der Waals surface area contributed by atoms with Gasteiger partial charge in [0.15, 0.2) is 0 Å². The molecule has 0 bridgehead atoms. The van der Waals surface area contributed by atoms with Gasteiger partial charge in [-0.2, -0.15) is 0 Å². The van der Waals surface area contributed by atoms with E-state index in [1.165, 1.54) is 83.5 Å². The summed E-state index contributed by atoms with van der Waals surface area (Å²) in [6.07, 6.45) is 22.2. The molecule has 3 N–H and O–H groups in total. The summed E-state index contributed by atoms with van der Waals surface area (Å²) in [5.74, 6) is 0. The van der Waals surface area contributed by atoms with Crippen molar-refractivity contribution in [1.82, 2.24) is 0 Å². The van der Waals surface area contributed by atoms with Gasteiger partial charge in [-0.3, -0.25) is 0 Å².